The Hall–Kier alpha value is -2.25. The molecule has 2 fully saturated rings. The Labute approximate surface area is 226 Å². The molecule has 1 aliphatic carbocycles. The van der Waals surface area contributed by atoms with E-state index in [2.05, 4.69) is 29.6 Å². The zero-order chi connectivity index (χ0) is 27.1. The van der Waals surface area contributed by atoms with Crippen molar-refractivity contribution in [2.45, 2.75) is 73.6 Å². The van der Waals surface area contributed by atoms with Gasteiger partial charge in [0.25, 0.3) is 0 Å². The van der Waals surface area contributed by atoms with Crippen LogP contribution in [0.25, 0.3) is 5.65 Å². The number of aromatic nitrogens is 5. The van der Waals surface area contributed by atoms with Crippen LogP contribution in [0.3, 0.4) is 0 Å². The number of imidazole rings is 1. The molecular formula is C25H32F3N7OS2. The molecule has 3 aromatic rings. The zero-order valence-corrected chi connectivity index (χ0v) is 23.3. The first-order valence-electron chi connectivity index (χ1n) is 12.8. The fourth-order valence-electron chi connectivity index (χ4n) is 5.64. The maximum atomic E-state index is 13.4. The molecular weight excluding hydrogens is 535 g/mol. The van der Waals surface area contributed by atoms with Crippen LogP contribution in [0.2, 0.25) is 0 Å². The number of halogens is 3. The lowest BCUT2D eigenvalue weighted by Crippen LogP contribution is -2.46. The van der Waals surface area contributed by atoms with Crippen molar-refractivity contribution in [1.82, 2.24) is 29.1 Å². The first-order valence-corrected chi connectivity index (χ1v) is 14.7. The highest BCUT2D eigenvalue weighted by atomic mass is 32.2. The summed E-state index contributed by atoms with van der Waals surface area (Å²) >= 11 is 0.914. The van der Waals surface area contributed by atoms with Gasteiger partial charge < -0.3 is 4.90 Å². The number of anilines is 1. The van der Waals surface area contributed by atoms with Crippen LogP contribution in [0.4, 0.5) is 19.1 Å². The summed E-state index contributed by atoms with van der Waals surface area (Å²) in [6, 6.07) is 0. The topological polar surface area (TPSA) is 88.3 Å². The molecule has 0 aromatic carbocycles. The Morgan fingerprint density at radius 1 is 1.11 bits per heavy atom. The first-order chi connectivity index (χ1) is 18.0. The number of nitrogens with zero attached hydrogens (tertiary/aromatic N) is 6. The van der Waals surface area contributed by atoms with E-state index in [4.69, 9.17) is 0 Å². The minimum absolute atomic E-state index is 0.0901. The fraction of sp³-hybridized carbons (Fsp3) is 0.600. The molecule has 8 nitrogen and oxygen atoms in total. The highest BCUT2D eigenvalue weighted by molar-refractivity contribution is 7.99. The number of piperidine rings is 1. The van der Waals surface area contributed by atoms with E-state index in [1.165, 1.54) is 19.0 Å². The molecule has 13 heteroatoms. The summed E-state index contributed by atoms with van der Waals surface area (Å²) in [6.45, 7) is 8.37. The van der Waals surface area contributed by atoms with E-state index in [0.717, 1.165) is 62.9 Å². The van der Waals surface area contributed by atoms with Gasteiger partial charge in [-0.05, 0) is 57.8 Å². The maximum Gasteiger partial charge on any atom is 0.434 e. The SMILES string of the molecule is CC(C)(C)[S@@](=O)NCC1CCCC12CCN(c1ncc(Sc3cncnc3C(F)(F)F)c3nccn13)CC2. The van der Waals surface area contributed by atoms with Crippen molar-refractivity contribution in [2.75, 3.05) is 24.5 Å². The van der Waals surface area contributed by atoms with Crippen molar-refractivity contribution in [3.63, 3.8) is 0 Å². The fourth-order valence-corrected chi connectivity index (χ4v) is 7.39. The molecule has 206 valence electrons. The summed E-state index contributed by atoms with van der Waals surface area (Å²) in [5.41, 5.74) is -0.194. The average molecular weight is 568 g/mol. The van der Waals surface area contributed by atoms with Gasteiger partial charge >= 0.3 is 6.18 Å². The van der Waals surface area contributed by atoms with Gasteiger partial charge in [-0.15, -0.1) is 0 Å². The molecule has 0 amide bonds. The molecule has 3 aromatic heterocycles. The predicted molar refractivity (Wildman–Crippen MR) is 141 cm³/mol. The number of rotatable bonds is 6. The molecule has 2 atom stereocenters. The molecule has 38 heavy (non-hydrogen) atoms. The van der Waals surface area contributed by atoms with Gasteiger partial charge in [0.15, 0.2) is 11.3 Å². The molecule has 2 aliphatic rings. The van der Waals surface area contributed by atoms with Crippen LogP contribution in [0, 0.1) is 11.3 Å². The molecule has 0 radical (unpaired) electrons. The smallest absolute Gasteiger partial charge is 0.342 e. The molecule has 1 spiro atoms. The summed E-state index contributed by atoms with van der Waals surface area (Å²) < 4.78 is 57.7. The number of hydrogen-bond acceptors (Lipinski definition) is 7. The quantitative estimate of drug-likeness (QED) is 0.442. The average Bonchev–Trinajstić information content (AvgIpc) is 3.50. The van der Waals surface area contributed by atoms with Gasteiger partial charge in [0.05, 0.1) is 25.5 Å². The van der Waals surface area contributed by atoms with Gasteiger partial charge in [-0.3, -0.25) is 4.40 Å². The molecule has 5 rings (SSSR count). The van der Waals surface area contributed by atoms with E-state index < -0.39 is 22.9 Å². The summed E-state index contributed by atoms with van der Waals surface area (Å²) in [7, 11) is -1.08. The largest absolute Gasteiger partial charge is 0.434 e. The Morgan fingerprint density at radius 2 is 1.87 bits per heavy atom. The molecule has 4 heterocycles. The third-order valence-corrected chi connectivity index (χ3v) is 10.3. The monoisotopic (exact) mass is 567 g/mol. The van der Waals surface area contributed by atoms with Gasteiger partial charge in [-0.25, -0.2) is 28.9 Å². The van der Waals surface area contributed by atoms with Crippen molar-refractivity contribution in [3.05, 3.63) is 36.8 Å². The highest BCUT2D eigenvalue weighted by Crippen LogP contribution is 2.50. The molecule has 0 bridgehead atoms. The second-order valence-electron chi connectivity index (χ2n) is 11.0. The maximum absolute atomic E-state index is 13.4. The van der Waals surface area contributed by atoms with Gasteiger partial charge in [-0.1, -0.05) is 18.2 Å². The van der Waals surface area contributed by atoms with Crippen LogP contribution in [0.1, 0.15) is 58.6 Å². The molecule has 1 unspecified atom stereocenters. The van der Waals surface area contributed by atoms with Crippen LogP contribution in [-0.4, -0.2) is 52.9 Å². The summed E-state index contributed by atoms with van der Waals surface area (Å²) in [5.74, 6) is 1.23. The Bertz CT molecular complexity index is 1320. The number of hydrogen-bond donors (Lipinski definition) is 1. The Kier molecular flexibility index (Phi) is 7.46. The molecule has 1 aliphatic heterocycles. The van der Waals surface area contributed by atoms with Crippen molar-refractivity contribution < 1.29 is 17.4 Å². The van der Waals surface area contributed by atoms with E-state index in [0.29, 0.717) is 16.5 Å². The third-order valence-electron chi connectivity index (χ3n) is 7.69. The lowest BCUT2D eigenvalue weighted by atomic mass is 9.70. The molecule has 1 saturated heterocycles. The number of alkyl halides is 3. The van der Waals surface area contributed by atoms with E-state index in [1.807, 2.05) is 25.2 Å². The Morgan fingerprint density at radius 3 is 2.58 bits per heavy atom. The van der Waals surface area contributed by atoms with E-state index in [9.17, 15) is 17.4 Å². The van der Waals surface area contributed by atoms with Crippen LogP contribution in [0.5, 0.6) is 0 Å². The number of fused-ring (bicyclic) bond motifs is 1. The van der Waals surface area contributed by atoms with Crippen LogP contribution < -0.4 is 9.62 Å². The van der Waals surface area contributed by atoms with E-state index >= 15 is 0 Å². The standard InChI is InChI=1S/C25H32F3N7OS2/c1-23(2,3)38(36)33-13-17-5-4-6-24(17)7-10-34(11-8-24)22-31-15-19(21-30-9-12-35(21)22)37-18-14-29-16-32-20(18)25(26,27)28/h9,12,14-17,33H,4-8,10-11,13H2,1-3H3/t17?,38-/m1/s1. The molecule has 1 N–H and O–H groups in total. The second-order valence-corrected chi connectivity index (χ2v) is 14.2. The lowest BCUT2D eigenvalue weighted by molar-refractivity contribution is -0.143. The van der Waals surface area contributed by atoms with Gasteiger partial charge in [0.1, 0.15) is 6.33 Å². The summed E-state index contributed by atoms with van der Waals surface area (Å²) in [5, 5.41) is 0. The lowest BCUT2D eigenvalue weighted by Gasteiger charge is -2.44. The van der Waals surface area contributed by atoms with Crippen LogP contribution in [0.15, 0.2) is 40.9 Å². The summed E-state index contributed by atoms with van der Waals surface area (Å²) in [4.78, 5) is 19.0. The van der Waals surface area contributed by atoms with Crippen molar-refractivity contribution >= 4 is 34.3 Å². The second kappa shape index (κ2) is 10.4. The Balaban J connectivity index is 1.31. The van der Waals surface area contributed by atoms with E-state index in [1.54, 1.807) is 18.6 Å². The number of nitrogens with one attached hydrogen (secondary N) is 1. The van der Waals surface area contributed by atoms with Gasteiger partial charge in [0.2, 0.25) is 5.95 Å². The zero-order valence-electron chi connectivity index (χ0n) is 21.7. The van der Waals surface area contributed by atoms with Crippen molar-refractivity contribution in [2.24, 2.45) is 11.3 Å². The summed E-state index contributed by atoms with van der Waals surface area (Å²) in [6.07, 6.45) is 8.06. The predicted octanol–water partition coefficient (Wildman–Crippen LogP) is 5.13. The highest BCUT2D eigenvalue weighted by Gasteiger charge is 2.45. The van der Waals surface area contributed by atoms with Gasteiger partial charge in [0, 0.05) is 44.4 Å². The van der Waals surface area contributed by atoms with Crippen LogP contribution >= 0.6 is 11.8 Å². The van der Waals surface area contributed by atoms with E-state index in [-0.39, 0.29) is 15.1 Å². The normalized spacial score (nSPS) is 20.9. The third kappa shape index (κ3) is 5.42. The van der Waals surface area contributed by atoms with Crippen molar-refractivity contribution in [3.8, 4) is 0 Å². The molecule has 1 saturated carbocycles. The minimum Gasteiger partial charge on any atom is -0.342 e. The van der Waals surface area contributed by atoms with Gasteiger partial charge in [-0.2, -0.15) is 13.2 Å². The first kappa shape index (κ1) is 27.3. The van der Waals surface area contributed by atoms with Crippen molar-refractivity contribution in [1.29, 1.82) is 0 Å². The minimum atomic E-state index is -4.58. The van der Waals surface area contributed by atoms with Crippen LogP contribution in [-0.2, 0) is 17.2 Å².